The van der Waals surface area contributed by atoms with E-state index in [1.54, 1.807) is 6.08 Å². The number of aliphatic hydroxyl groups is 1. The van der Waals surface area contributed by atoms with Gasteiger partial charge in [-0.25, -0.2) is 4.79 Å². The highest BCUT2D eigenvalue weighted by molar-refractivity contribution is 5.86. The Kier molecular flexibility index (Phi) is 28.2. The molecule has 0 aliphatic carbocycles. The Bertz CT molecular complexity index is 699. The van der Waals surface area contributed by atoms with Crippen molar-refractivity contribution in [1.29, 1.82) is 0 Å². The summed E-state index contributed by atoms with van der Waals surface area (Å²) in [7, 11) is 0. The molecule has 3 heteroatoms. The molecule has 1 unspecified atom stereocenters. The molecular formula is C34H54O3. The summed E-state index contributed by atoms with van der Waals surface area (Å²) in [5.41, 5.74) is 0. The van der Waals surface area contributed by atoms with Crippen molar-refractivity contribution in [3.8, 4) is 24.2 Å². The van der Waals surface area contributed by atoms with Gasteiger partial charge in [0.25, 0.3) is 0 Å². The number of aliphatic carboxylic acids is 1. The van der Waals surface area contributed by atoms with Crippen molar-refractivity contribution in [2.24, 2.45) is 0 Å². The summed E-state index contributed by atoms with van der Waals surface area (Å²) in [6.45, 7) is 0. The molecule has 0 fully saturated rings. The molecule has 0 aliphatic heterocycles. The van der Waals surface area contributed by atoms with Gasteiger partial charge in [0.05, 0.1) is 0 Å². The minimum atomic E-state index is -1.05. The van der Waals surface area contributed by atoms with Crippen LogP contribution in [0.5, 0.6) is 0 Å². The lowest BCUT2D eigenvalue weighted by Gasteiger charge is -2.02. The highest BCUT2D eigenvalue weighted by Crippen LogP contribution is 2.13. The van der Waals surface area contributed by atoms with E-state index in [0.717, 1.165) is 12.8 Å². The van der Waals surface area contributed by atoms with Crippen LogP contribution in [0, 0.1) is 24.2 Å². The maximum Gasteiger partial charge on any atom is 0.381 e. The molecule has 0 bridgehead atoms. The van der Waals surface area contributed by atoms with Gasteiger partial charge in [0.2, 0.25) is 0 Å². The van der Waals surface area contributed by atoms with Crippen molar-refractivity contribution < 1.29 is 15.0 Å². The summed E-state index contributed by atoms with van der Waals surface area (Å²) >= 11 is 0. The number of aliphatic hydroxyl groups excluding tert-OH is 1. The first-order valence-corrected chi connectivity index (χ1v) is 15.0. The van der Waals surface area contributed by atoms with Gasteiger partial charge in [-0.3, -0.25) is 0 Å². The maximum atomic E-state index is 10.3. The summed E-state index contributed by atoms with van der Waals surface area (Å²) in [6.07, 6.45) is 44.6. The molecule has 0 aromatic rings. The van der Waals surface area contributed by atoms with Gasteiger partial charge in [-0.15, -0.1) is 6.42 Å². The monoisotopic (exact) mass is 510 g/mol. The van der Waals surface area contributed by atoms with E-state index in [1.165, 1.54) is 122 Å². The zero-order valence-corrected chi connectivity index (χ0v) is 23.5. The van der Waals surface area contributed by atoms with Crippen molar-refractivity contribution in [2.45, 2.75) is 147 Å². The molecule has 0 rings (SSSR count). The van der Waals surface area contributed by atoms with Crippen LogP contribution in [0.25, 0.3) is 0 Å². The van der Waals surface area contributed by atoms with Crippen LogP contribution in [0.15, 0.2) is 36.5 Å². The van der Waals surface area contributed by atoms with Gasteiger partial charge in [0.1, 0.15) is 6.10 Å². The summed E-state index contributed by atoms with van der Waals surface area (Å²) < 4.78 is 0. The van der Waals surface area contributed by atoms with E-state index >= 15 is 0 Å². The molecule has 0 spiro atoms. The number of carboxylic acid groups (broad SMARTS) is 1. The largest absolute Gasteiger partial charge is 0.472 e. The lowest BCUT2D eigenvalue weighted by molar-refractivity contribution is -0.130. The zero-order valence-electron chi connectivity index (χ0n) is 23.5. The minimum absolute atomic E-state index is 0.534. The average molecular weight is 511 g/mol. The van der Waals surface area contributed by atoms with Gasteiger partial charge in [0, 0.05) is 12.3 Å². The maximum absolute atomic E-state index is 10.3. The van der Waals surface area contributed by atoms with Gasteiger partial charge in [0.15, 0.2) is 0 Å². The van der Waals surface area contributed by atoms with Crippen LogP contribution in [-0.4, -0.2) is 22.3 Å². The summed E-state index contributed by atoms with van der Waals surface area (Å²) in [4.78, 5) is 10.3. The van der Waals surface area contributed by atoms with E-state index in [-0.39, 0.29) is 0 Å². The Morgan fingerprint density at radius 1 is 0.595 bits per heavy atom. The molecule has 208 valence electrons. The molecule has 3 nitrogen and oxygen atoms in total. The smallest absolute Gasteiger partial charge is 0.381 e. The van der Waals surface area contributed by atoms with Crippen molar-refractivity contribution >= 4 is 5.97 Å². The Morgan fingerprint density at radius 3 is 1.32 bits per heavy atom. The quantitative estimate of drug-likeness (QED) is 0.0730. The predicted molar refractivity (Wildman–Crippen MR) is 159 cm³/mol. The molecule has 0 saturated heterocycles. The SMILES string of the molecule is C#CC(O)/C=C/CCCCCCCCC/C=C\CCCCCCCCCCCC/C=C\CC#CC(=O)O. The third kappa shape index (κ3) is 31.7. The molecule has 2 N–H and O–H groups in total. The van der Waals surface area contributed by atoms with E-state index in [9.17, 15) is 9.90 Å². The van der Waals surface area contributed by atoms with Crippen molar-refractivity contribution in [2.75, 3.05) is 0 Å². The number of unbranched alkanes of at least 4 members (excludes halogenated alkanes) is 19. The summed E-state index contributed by atoms with van der Waals surface area (Å²) in [6, 6.07) is 0. The lowest BCUT2D eigenvalue weighted by Crippen LogP contribution is -1.95. The van der Waals surface area contributed by atoms with Crippen molar-refractivity contribution in [3.05, 3.63) is 36.5 Å². The standard InChI is InChI=1S/C34H54O3/c1-2-33(35)31-29-27-25-23-21-19-17-15-13-11-9-7-5-3-4-6-8-10-12-14-16-18-20-22-24-26-28-30-32-34(36)37/h1,7,9,24,26,29,31,33,35H,3-6,8,10-23,25,27-28H2,(H,36,37)/b9-7-,26-24-,31-29+. The van der Waals surface area contributed by atoms with Gasteiger partial charge < -0.3 is 10.2 Å². The van der Waals surface area contributed by atoms with Gasteiger partial charge in [-0.05, 0) is 57.4 Å². The van der Waals surface area contributed by atoms with Crippen LogP contribution >= 0.6 is 0 Å². The number of carbonyl (C=O) groups is 1. The van der Waals surface area contributed by atoms with E-state index in [4.69, 9.17) is 11.5 Å². The summed E-state index contributed by atoms with van der Waals surface area (Å²) in [5.74, 6) is 5.97. The minimum Gasteiger partial charge on any atom is -0.472 e. The van der Waals surface area contributed by atoms with Gasteiger partial charge in [-0.2, -0.15) is 0 Å². The molecule has 0 aliphatic rings. The third-order valence-electron chi connectivity index (χ3n) is 6.47. The summed E-state index contributed by atoms with van der Waals surface area (Å²) in [5, 5.41) is 17.6. The first-order chi connectivity index (χ1) is 18.2. The number of hydrogen-bond acceptors (Lipinski definition) is 2. The second-order valence-electron chi connectivity index (χ2n) is 9.96. The van der Waals surface area contributed by atoms with Crippen molar-refractivity contribution in [1.82, 2.24) is 0 Å². The average Bonchev–Trinajstić information content (AvgIpc) is 2.89. The topological polar surface area (TPSA) is 57.5 Å². The van der Waals surface area contributed by atoms with E-state index in [0.29, 0.717) is 6.42 Å². The second-order valence-corrected chi connectivity index (χ2v) is 9.96. The predicted octanol–water partition coefficient (Wildman–Crippen LogP) is 9.32. The van der Waals surface area contributed by atoms with Crippen LogP contribution in [-0.2, 0) is 4.79 Å². The Morgan fingerprint density at radius 2 is 0.946 bits per heavy atom. The number of rotatable bonds is 25. The van der Waals surface area contributed by atoms with Gasteiger partial charge in [-0.1, -0.05) is 126 Å². The zero-order chi connectivity index (χ0) is 27.1. The normalized spacial score (nSPS) is 12.2. The molecule has 0 amide bonds. The molecule has 0 aromatic heterocycles. The number of hydrogen-bond donors (Lipinski definition) is 2. The highest BCUT2D eigenvalue weighted by Gasteiger charge is 1.94. The number of terminal acetylenes is 1. The van der Waals surface area contributed by atoms with Crippen LogP contribution in [0.1, 0.15) is 141 Å². The fourth-order valence-electron chi connectivity index (χ4n) is 4.25. The molecule has 37 heavy (non-hydrogen) atoms. The van der Waals surface area contributed by atoms with Crippen molar-refractivity contribution in [3.63, 3.8) is 0 Å². The molecule has 0 aromatic carbocycles. The van der Waals surface area contributed by atoms with E-state index in [2.05, 4.69) is 36.0 Å². The second kappa shape index (κ2) is 30.0. The Labute approximate surface area is 228 Å². The lowest BCUT2D eigenvalue weighted by atomic mass is 10.0. The van der Waals surface area contributed by atoms with Crippen LogP contribution in [0.2, 0.25) is 0 Å². The molecular weight excluding hydrogens is 456 g/mol. The van der Waals surface area contributed by atoms with Crippen LogP contribution in [0.4, 0.5) is 0 Å². The van der Waals surface area contributed by atoms with E-state index in [1.807, 2.05) is 12.2 Å². The number of carboxylic acids is 1. The Hall–Kier alpha value is -2.23. The molecule has 0 radical (unpaired) electrons. The van der Waals surface area contributed by atoms with Crippen LogP contribution < -0.4 is 0 Å². The first kappa shape index (κ1) is 34.8. The number of allylic oxidation sites excluding steroid dienone is 5. The fourth-order valence-corrected chi connectivity index (χ4v) is 4.25. The van der Waals surface area contributed by atoms with Crippen LogP contribution in [0.3, 0.4) is 0 Å². The molecule has 0 saturated carbocycles. The molecule has 1 atom stereocenters. The van der Waals surface area contributed by atoms with E-state index < -0.39 is 12.1 Å². The highest BCUT2D eigenvalue weighted by atomic mass is 16.4. The van der Waals surface area contributed by atoms with Gasteiger partial charge >= 0.3 is 5.97 Å². The fraction of sp³-hybridized carbons (Fsp3) is 0.676. The third-order valence-corrected chi connectivity index (χ3v) is 6.47. The molecule has 0 heterocycles. The Balaban J connectivity index is 3.21. The first-order valence-electron chi connectivity index (χ1n) is 15.0.